The lowest BCUT2D eigenvalue weighted by Crippen LogP contribution is -2.47. The predicted molar refractivity (Wildman–Crippen MR) is 69.9 cm³/mol. The molecule has 2 fully saturated rings. The Morgan fingerprint density at radius 1 is 1.24 bits per heavy atom. The molecule has 0 aromatic heterocycles. The third kappa shape index (κ3) is 1.14. The third-order valence-corrected chi connectivity index (χ3v) is 5.66. The molecule has 3 aliphatic rings. The van der Waals surface area contributed by atoms with Gasteiger partial charge in [-0.25, -0.2) is 0 Å². The molecule has 17 heavy (non-hydrogen) atoms. The van der Waals surface area contributed by atoms with Crippen molar-refractivity contribution in [2.24, 2.45) is 11.8 Å². The molecule has 3 atom stereocenters. The Labute approximate surface area is 104 Å². The van der Waals surface area contributed by atoms with Gasteiger partial charge in [-0.3, -0.25) is 4.90 Å². The predicted octanol–water partition coefficient (Wildman–Crippen LogP) is 3.19. The Morgan fingerprint density at radius 3 is 3.06 bits per heavy atom. The third-order valence-electron chi connectivity index (χ3n) is 5.66. The van der Waals surface area contributed by atoms with E-state index >= 15 is 0 Å². The van der Waals surface area contributed by atoms with Gasteiger partial charge in [0.2, 0.25) is 0 Å². The topological polar surface area (TPSA) is 3.24 Å². The summed E-state index contributed by atoms with van der Waals surface area (Å²) < 4.78 is 0. The van der Waals surface area contributed by atoms with Gasteiger partial charge in [-0.15, -0.1) is 0 Å². The first-order valence-electron chi connectivity index (χ1n) is 7.12. The lowest BCUT2D eigenvalue weighted by Gasteiger charge is -2.48. The molecule has 1 heteroatoms. The summed E-state index contributed by atoms with van der Waals surface area (Å²) >= 11 is 0. The van der Waals surface area contributed by atoms with Crippen LogP contribution in [0.25, 0.3) is 0 Å². The van der Waals surface area contributed by atoms with Crippen LogP contribution < -0.4 is 0 Å². The van der Waals surface area contributed by atoms with Gasteiger partial charge in [0.15, 0.2) is 0 Å². The standard InChI is InChI=1S/C16H21N/c1-17-11-13-10-12-6-2-3-7-14(12)16(17)9-5-4-8-15(13)16/h2-3,6-7,13,15H,4-5,8-11H2,1H3/t13-,15-,16-/m0/s1. The molecular formula is C16H21N. The van der Waals surface area contributed by atoms with Crippen molar-refractivity contribution in [1.29, 1.82) is 0 Å². The summed E-state index contributed by atoms with van der Waals surface area (Å²) in [5.41, 5.74) is 3.72. The summed E-state index contributed by atoms with van der Waals surface area (Å²) in [5, 5.41) is 0. The summed E-state index contributed by atoms with van der Waals surface area (Å²) in [6.07, 6.45) is 7.05. The average Bonchev–Trinajstić information content (AvgIpc) is 2.59. The van der Waals surface area contributed by atoms with Gasteiger partial charge in [-0.2, -0.15) is 0 Å². The SMILES string of the molecule is CN1C[C@@H]2Cc3ccccc3[C@]13CCCC[C@@H]23. The van der Waals surface area contributed by atoms with Crippen LogP contribution in [0, 0.1) is 11.8 Å². The van der Waals surface area contributed by atoms with Gasteiger partial charge >= 0.3 is 0 Å². The maximum absolute atomic E-state index is 2.69. The van der Waals surface area contributed by atoms with E-state index in [2.05, 4.69) is 36.2 Å². The number of fused-ring (bicyclic) bond motifs is 1. The zero-order valence-electron chi connectivity index (χ0n) is 10.7. The van der Waals surface area contributed by atoms with Gasteiger partial charge in [0.25, 0.3) is 0 Å². The van der Waals surface area contributed by atoms with E-state index in [9.17, 15) is 0 Å². The highest BCUT2D eigenvalue weighted by Crippen LogP contribution is 2.57. The molecule has 2 bridgehead atoms. The maximum atomic E-state index is 2.69. The second kappa shape index (κ2) is 3.35. The van der Waals surface area contributed by atoms with Crippen LogP contribution >= 0.6 is 0 Å². The fourth-order valence-corrected chi connectivity index (χ4v) is 5.07. The van der Waals surface area contributed by atoms with Crippen molar-refractivity contribution >= 4 is 0 Å². The zero-order chi connectivity index (χ0) is 11.5. The maximum Gasteiger partial charge on any atom is 0.0491 e. The Kier molecular flexibility index (Phi) is 2.00. The Bertz CT molecular complexity index is 453. The summed E-state index contributed by atoms with van der Waals surface area (Å²) in [5.74, 6) is 1.87. The van der Waals surface area contributed by atoms with Crippen LogP contribution in [-0.4, -0.2) is 18.5 Å². The van der Waals surface area contributed by atoms with Gasteiger partial charge in [-0.1, -0.05) is 37.1 Å². The van der Waals surface area contributed by atoms with Gasteiger partial charge in [-0.05, 0) is 49.3 Å². The van der Waals surface area contributed by atoms with Crippen LogP contribution in [0.5, 0.6) is 0 Å². The van der Waals surface area contributed by atoms with E-state index in [1.165, 1.54) is 38.6 Å². The molecule has 1 aromatic carbocycles. The van der Waals surface area contributed by atoms with Gasteiger partial charge in [0.05, 0.1) is 0 Å². The number of hydrogen-bond donors (Lipinski definition) is 0. The van der Waals surface area contributed by atoms with Crippen LogP contribution in [0.3, 0.4) is 0 Å². The van der Waals surface area contributed by atoms with Crippen molar-refractivity contribution in [3.63, 3.8) is 0 Å². The normalized spacial score (nSPS) is 39.8. The number of rotatable bonds is 0. The van der Waals surface area contributed by atoms with Crippen LogP contribution in [0.2, 0.25) is 0 Å². The van der Waals surface area contributed by atoms with Crippen molar-refractivity contribution in [3.05, 3.63) is 35.4 Å². The van der Waals surface area contributed by atoms with Crippen molar-refractivity contribution < 1.29 is 0 Å². The summed E-state index contributed by atoms with van der Waals surface area (Å²) in [6, 6.07) is 9.24. The number of nitrogens with zero attached hydrogens (tertiary/aromatic N) is 1. The fourth-order valence-electron chi connectivity index (χ4n) is 5.07. The molecule has 0 spiro atoms. The number of benzene rings is 1. The van der Waals surface area contributed by atoms with Crippen molar-refractivity contribution in [2.75, 3.05) is 13.6 Å². The highest BCUT2D eigenvalue weighted by Gasteiger charge is 2.56. The van der Waals surface area contributed by atoms with E-state index in [4.69, 9.17) is 0 Å². The van der Waals surface area contributed by atoms with E-state index < -0.39 is 0 Å². The van der Waals surface area contributed by atoms with Crippen LogP contribution in [0.15, 0.2) is 24.3 Å². The molecule has 1 nitrogen and oxygen atoms in total. The molecule has 1 aromatic rings. The number of hydrogen-bond acceptors (Lipinski definition) is 1. The molecule has 1 saturated heterocycles. The highest BCUT2D eigenvalue weighted by atomic mass is 15.2. The van der Waals surface area contributed by atoms with E-state index in [1.54, 1.807) is 11.1 Å². The molecule has 0 unspecified atom stereocenters. The first-order chi connectivity index (χ1) is 8.32. The van der Waals surface area contributed by atoms with Crippen LogP contribution in [-0.2, 0) is 12.0 Å². The Morgan fingerprint density at radius 2 is 2.12 bits per heavy atom. The summed E-state index contributed by atoms with van der Waals surface area (Å²) in [6.45, 7) is 1.32. The molecule has 1 heterocycles. The molecule has 0 N–H and O–H groups in total. The van der Waals surface area contributed by atoms with Crippen molar-refractivity contribution in [3.8, 4) is 0 Å². The summed E-state index contributed by atoms with van der Waals surface area (Å²) in [7, 11) is 2.36. The molecular weight excluding hydrogens is 206 g/mol. The molecule has 1 saturated carbocycles. The first-order valence-corrected chi connectivity index (χ1v) is 7.12. The fraction of sp³-hybridized carbons (Fsp3) is 0.625. The highest BCUT2D eigenvalue weighted by molar-refractivity contribution is 5.40. The minimum absolute atomic E-state index is 0.414. The molecule has 4 rings (SSSR count). The second-order valence-electron chi connectivity index (χ2n) is 6.28. The average molecular weight is 227 g/mol. The van der Waals surface area contributed by atoms with Gasteiger partial charge < -0.3 is 0 Å². The first kappa shape index (κ1) is 10.1. The van der Waals surface area contributed by atoms with Crippen LogP contribution in [0.1, 0.15) is 36.8 Å². The van der Waals surface area contributed by atoms with Gasteiger partial charge in [0.1, 0.15) is 0 Å². The largest absolute Gasteiger partial charge is 0.296 e. The van der Waals surface area contributed by atoms with E-state index in [0.717, 1.165) is 11.8 Å². The molecule has 90 valence electrons. The lowest BCUT2D eigenvalue weighted by atomic mass is 9.61. The van der Waals surface area contributed by atoms with Crippen LogP contribution in [0.4, 0.5) is 0 Å². The van der Waals surface area contributed by atoms with E-state index in [-0.39, 0.29) is 0 Å². The molecule has 1 aliphatic heterocycles. The lowest BCUT2D eigenvalue weighted by molar-refractivity contribution is 0.0694. The zero-order valence-corrected chi connectivity index (χ0v) is 10.7. The number of likely N-dealkylation sites (tertiary alicyclic amines) is 1. The molecule has 0 amide bonds. The second-order valence-corrected chi connectivity index (χ2v) is 6.28. The van der Waals surface area contributed by atoms with E-state index in [1.807, 2.05) is 0 Å². The Hall–Kier alpha value is -0.820. The quantitative estimate of drug-likeness (QED) is 0.658. The smallest absolute Gasteiger partial charge is 0.0491 e. The van der Waals surface area contributed by atoms with Crippen molar-refractivity contribution in [1.82, 2.24) is 4.90 Å². The monoisotopic (exact) mass is 227 g/mol. The Balaban J connectivity index is 1.95. The minimum Gasteiger partial charge on any atom is -0.296 e. The molecule has 0 radical (unpaired) electrons. The summed E-state index contributed by atoms with van der Waals surface area (Å²) in [4.78, 5) is 2.69. The van der Waals surface area contributed by atoms with Gasteiger partial charge in [0, 0.05) is 12.1 Å². The minimum atomic E-state index is 0.414. The van der Waals surface area contributed by atoms with Crippen molar-refractivity contribution in [2.45, 2.75) is 37.6 Å². The molecule has 2 aliphatic carbocycles. The van der Waals surface area contributed by atoms with E-state index in [0.29, 0.717) is 5.54 Å².